The quantitative estimate of drug-likeness (QED) is 0.437. The van der Waals surface area contributed by atoms with E-state index in [1.807, 2.05) is 0 Å². The minimum absolute atomic E-state index is 0.811. The molecule has 1 fully saturated rings. The average molecular weight is 210 g/mol. The SMILES string of the molecule is CCCCCCC(CC)CC1(CC)CC1. The zero-order valence-electron chi connectivity index (χ0n) is 11.1. The standard InChI is InChI=1S/C15H30/c1-4-7-8-9-10-14(5-2)13-15(6-3)11-12-15/h14H,4-13H2,1-3H3. The summed E-state index contributed by atoms with van der Waals surface area (Å²) in [6.45, 7) is 7.07. The maximum Gasteiger partial charge on any atom is -0.0297 e. The molecule has 0 aromatic carbocycles. The topological polar surface area (TPSA) is 0 Å². The van der Waals surface area contributed by atoms with Crippen molar-refractivity contribution in [2.24, 2.45) is 11.3 Å². The van der Waals surface area contributed by atoms with Crippen molar-refractivity contribution in [1.29, 1.82) is 0 Å². The fourth-order valence-corrected chi connectivity index (χ4v) is 2.80. The molecule has 15 heavy (non-hydrogen) atoms. The molecule has 0 saturated heterocycles. The summed E-state index contributed by atoms with van der Waals surface area (Å²) in [5.74, 6) is 1.03. The first kappa shape index (κ1) is 13.1. The van der Waals surface area contributed by atoms with Crippen LogP contribution >= 0.6 is 0 Å². The Morgan fingerprint density at radius 3 is 2.20 bits per heavy atom. The smallest absolute Gasteiger partial charge is 0.0297 e. The molecule has 0 heterocycles. The molecule has 90 valence electrons. The highest BCUT2D eigenvalue weighted by Gasteiger charge is 2.41. The molecule has 1 aliphatic rings. The van der Waals surface area contributed by atoms with Crippen LogP contribution in [0.2, 0.25) is 0 Å². The maximum atomic E-state index is 2.39. The summed E-state index contributed by atoms with van der Waals surface area (Å²) >= 11 is 0. The van der Waals surface area contributed by atoms with E-state index in [0.717, 1.165) is 11.3 Å². The summed E-state index contributed by atoms with van der Waals surface area (Å²) in [4.78, 5) is 0. The summed E-state index contributed by atoms with van der Waals surface area (Å²) in [5.41, 5.74) is 0.811. The van der Waals surface area contributed by atoms with Gasteiger partial charge in [-0.15, -0.1) is 0 Å². The lowest BCUT2D eigenvalue weighted by molar-refractivity contribution is 0.311. The Morgan fingerprint density at radius 1 is 1.00 bits per heavy atom. The van der Waals surface area contributed by atoms with Crippen molar-refractivity contribution in [3.63, 3.8) is 0 Å². The Bertz CT molecular complexity index is 155. The first-order valence-corrected chi connectivity index (χ1v) is 7.26. The van der Waals surface area contributed by atoms with Crippen LogP contribution in [0.15, 0.2) is 0 Å². The number of hydrogen-bond acceptors (Lipinski definition) is 0. The van der Waals surface area contributed by atoms with Crippen molar-refractivity contribution in [2.75, 3.05) is 0 Å². The van der Waals surface area contributed by atoms with Gasteiger partial charge in [-0.05, 0) is 30.6 Å². The molecule has 1 saturated carbocycles. The Labute approximate surface area is 96.8 Å². The molecule has 0 aromatic rings. The summed E-state index contributed by atoms with van der Waals surface area (Å²) in [5, 5.41) is 0. The molecule has 0 nitrogen and oxygen atoms in total. The summed E-state index contributed by atoms with van der Waals surface area (Å²) < 4.78 is 0. The first-order chi connectivity index (χ1) is 7.26. The van der Waals surface area contributed by atoms with Gasteiger partial charge in [0.2, 0.25) is 0 Å². The molecule has 1 unspecified atom stereocenters. The lowest BCUT2D eigenvalue weighted by atomic mass is 9.85. The van der Waals surface area contributed by atoms with Gasteiger partial charge >= 0.3 is 0 Å². The minimum Gasteiger partial charge on any atom is -0.0654 e. The van der Waals surface area contributed by atoms with Gasteiger partial charge in [0, 0.05) is 0 Å². The zero-order valence-corrected chi connectivity index (χ0v) is 11.1. The molecule has 0 radical (unpaired) electrons. The van der Waals surface area contributed by atoms with Crippen LogP contribution in [0.4, 0.5) is 0 Å². The van der Waals surface area contributed by atoms with Crippen molar-refractivity contribution in [1.82, 2.24) is 0 Å². The summed E-state index contributed by atoms with van der Waals surface area (Å²) in [7, 11) is 0. The van der Waals surface area contributed by atoms with Crippen molar-refractivity contribution in [3.8, 4) is 0 Å². The van der Waals surface area contributed by atoms with Crippen LogP contribution in [-0.2, 0) is 0 Å². The normalized spacial score (nSPS) is 20.2. The Kier molecular flexibility index (Phi) is 5.71. The van der Waals surface area contributed by atoms with E-state index in [-0.39, 0.29) is 0 Å². The third-order valence-corrected chi connectivity index (χ3v) is 4.47. The van der Waals surface area contributed by atoms with Crippen LogP contribution in [0, 0.1) is 11.3 Å². The van der Waals surface area contributed by atoms with Crippen LogP contribution in [-0.4, -0.2) is 0 Å². The molecule has 0 bridgehead atoms. The van der Waals surface area contributed by atoms with Crippen molar-refractivity contribution < 1.29 is 0 Å². The summed E-state index contributed by atoms with van der Waals surface area (Å²) in [6.07, 6.45) is 14.7. The molecule has 1 aliphatic carbocycles. The van der Waals surface area contributed by atoms with Gasteiger partial charge in [0.05, 0.1) is 0 Å². The molecule has 1 rings (SSSR count). The van der Waals surface area contributed by atoms with E-state index >= 15 is 0 Å². The van der Waals surface area contributed by atoms with E-state index in [0.29, 0.717) is 0 Å². The zero-order chi connectivity index (χ0) is 11.1. The highest BCUT2D eigenvalue weighted by Crippen LogP contribution is 2.54. The van der Waals surface area contributed by atoms with E-state index in [4.69, 9.17) is 0 Å². The molecular formula is C15H30. The van der Waals surface area contributed by atoms with E-state index in [2.05, 4.69) is 20.8 Å². The molecule has 0 aromatic heterocycles. The minimum atomic E-state index is 0.811. The molecule has 0 heteroatoms. The lowest BCUT2D eigenvalue weighted by Gasteiger charge is -2.21. The van der Waals surface area contributed by atoms with Crippen molar-refractivity contribution >= 4 is 0 Å². The fourth-order valence-electron chi connectivity index (χ4n) is 2.80. The third kappa shape index (κ3) is 4.57. The second-order valence-electron chi connectivity index (χ2n) is 5.68. The average Bonchev–Trinajstić information content (AvgIpc) is 3.03. The summed E-state index contributed by atoms with van der Waals surface area (Å²) in [6, 6.07) is 0. The second-order valence-corrected chi connectivity index (χ2v) is 5.68. The molecular weight excluding hydrogens is 180 g/mol. The van der Waals surface area contributed by atoms with Gasteiger partial charge in [-0.25, -0.2) is 0 Å². The lowest BCUT2D eigenvalue weighted by Crippen LogP contribution is -2.08. The highest BCUT2D eigenvalue weighted by atomic mass is 14.5. The number of hydrogen-bond donors (Lipinski definition) is 0. The predicted molar refractivity (Wildman–Crippen MR) is 69.1 cm³/mol. The van der Waals surface area contributed by atoms with Crippen LogP contribution in [0.3, 0.4) is 0 Å². The maximum absolute atomic E-state index is 2.39. The van der Waals surface area contributed by atoms with E-state index < -0.39 is 0 Å². The van der Waals surface area contributed by atoms with E-state index in [1.165, 1.54) is 64.2 Å². The fraction of sp³-hybridized carbons (Fsp3) is 1.00. The number of rotatable bonds is 9. The van der Waals surface area contributed by atoms with Gasteiger partial charge in [-0.2, -0.15) is 0 Å². The van der Waals surface area contributed by atoms with E-state index in [9.17, 15) is 0 Å². The van der Waals surface area contributed by atoms with Gasteiger partial charge < -0.3 is 0 Å². The highest BCUT2D eigenvalue weighted by molar-refractivity contribution is 4.93. The Balaban J connectivity index is 2.12. The Hall–Kier alpha value is 0. The molecule has 0 amide bonds. The van der Waals surface area contributed by atoms with Gasteiger partial charge in [-0.1, -0.05) is 65.7 Å². The third-order valence-electron chi connectivity index (χ3n) is 4.47. The van der Waals surface area contributed by atoms with Crippen LogP contribution < -0.4 is 0 Å². The monoisotopic (exact) mass is 210 g/mol. The largest absolute Gasteiger partial charge is 0.0654 e. The van der Waals surface area contributed by atoms with Gasteiger partial charge in [0.15, 0.2) is 0 Å². The van der Waals surface area contributed by atoms with Crippen molar-refractivity contribution in [3.05, 3.63) is 0 Å². The van der Waals surface area contributed by atoms with Crippen LogP contribution in [0.5, 0.6) is 0 Å². The van der Waals surface area contributed by atoms with E-state index in [1.54, 1.807) is 0 Å². The number of unbranched alkanes of at least 4 members (excludes halogenated alkanes) is 3. The van der Waals surface area contributed by atoms with Crippen LogP contribution in [0.1, 0.15) is 85.0 Å². The molecule has 0 N–H and O–H groups in total. The van der Waals surface area contributed by atoms with Crippen LogP contribution in [0.25, 0.3) is 0 Å². The Morgan fingerprint density at radius 2 is 1.73 bits per heavy atom. The van der Waals surface area contributed by atoms with Gasteiger partial charge in [0.25, 0.3) is 0 Å². The molecule has 1 atom stereocenters. The van der Waals surface area contributed by atoms with Crippen molar-refractivity contribution in [2.45, 2.75) is 85.0 Å². The first-order valence-electron chi connectivity index (χ1n) is 7.26. The van der Waals surface area contributed by atoms with Gasteiger partial charge in [0.1, 0.15) is 0 Å². The van der Waals surface area contributed by atoms with Gasteiger partial charge in [-0.3, -0.25) is 0 Å². The predicted octanol–water partition coefficient (Wildman–Crippen LogP) is 5.56. The molecule has 0 aliphatic heterocycles. The molecule has 0 spiro atoms. The second kappa shape index (κ2) is 6.55.